The van der Waals surface area contributed by atoms with Gasteiger partial charge in [-0.3, -0.25) is 4.79 Å². The first-order valence-corrected chi connectivity index (χ1v) is 3.75. The fraction of sp³-hybridized carbons (Fsp3) is 0.800. The zero-order valence-electron chi connectivity index (χ0n) is 5.59. The highest BCUT2D eigenvalue weighted by Gasteiger charge is 2.24. The lowest BCUT2D eigenvalue weighted by molar-refractivity contribution is -0.138. The molecule has 0 bridgehead atoms. The number of nitrogens with one attached hydrogen (secondary N) is 1. The summed E-state index contributed by atoms with van der Waals surface area (Å²) in [6, 6.07) is 0. The van der Waals surface area contributed by atoms with Gasteiger partial charge in [0, 0.05) is 11.3 Å². The van der Waals surface area contributed by atoms with Crippen LogP contribution < -0.4 is 4.84 Å². The second-order valence-electron chi connectivity index (χ2n) is 2.38. The molecule has 0 aliphatic rings. The van der Waals surface area contributed by atoms with Crippen LogP contribution >= 0.6 is 24.4 Å². The largest absolute Gasteiger partial charge is 0.481 e. The summed E-state index contributed by atoms with van der Waals surface area (Å²) in [6.07, 6.45) is -0.0278. The summed E-state index contributed by atoms with van der Waals surface area (Å²) >= 11 is 9.24. The molecule has 0 aromatic heterocycles. The highest BCUT2D eigenvalue weighted by molar-refractivity contribution is 7.80. The van der Waals surface area contributed by atoms with E-state index in [2.05, 4.69) is 17.5 Å². The lowest BCUT2D eigenvalue weighted by Gasteiger charge is -2.22. The average molecular weight is 184 g/mol. The zero-order valence-corrected chi connectivity index (χ0v) is 7.25. The van der Waals surface area contributed by atoms with E-state index in [0.717, 1.165) is 0 Å². The summed E-state index contributed by atoms with van der Waals surface area (Å²) in [4.78, 5) is 12.6. The fourth-order valence-electron chi connectivity index (χ4n) is 0.453. The molecule has 0 aromatic carbocycles. The molecule has 0 saturated carbocycles. The Kier molecular flexibility index (Phi) is 4.08. The summed E-state index contributed by atoms with van der Waals surface area (Å²) in [5, 5.41) is 8.38. The first-order chi connectivity index (χ1) is 4.54. The minimum absolute atomic E-state index is 0.0278. The number of carboxylic acids is 1. The van der Waals surface area contributed by atoms with Crippen molar-refractivity contribution in [2.24, 2.45) is 0 Å². The molecule has 0 amide bonds. The predicted molar refractivity (Wildman–Crippen MR) is 43.5 cm³/mol. The van der Waals surface area contributed by atoms with Crippen LogP contribution in [0.4, 0.5) is 0 Å². The third kappa shape index (κ3) is 3.29. The number of hydrogen-bond donors (Lipinski definition) is 3. The maximum absolute atomic E-state index is 10.2. The van der Waals surface area contributed by atoms with Crippen molar-refractivity contribution in [1.82, 2.24) is 4.84 Å². The molecular weight excluding hydrogens is 174 g/mol. The van der Waals surface area contributed by atoms with Gasteiger partial charge in [0.2, 0.25) is 0 Å². The van der Waals surface area contributed by atoms with Crippen molar-refractivity contribution in [3.05, 3.63) is 0 Å². The monoisotopic (exact) mass is 183 g/mol. The topological polar surface area (TPSA) is 49.3 Å². The Bertz CT molecular complexity index is 127. The number of hydrogen-bond acceptors (Lipinski definition) is 3. The van der Waals surface area contributed by atoms with Gasteiger partial charge in [-0.15, -0.1) is 0 Å². The summed E-state index contributed by atoms with van der Waals surface area (Å²) in [7, 11) is 0. The Labute approximate surface area is 70.3 Å². The quantitative estimate of drug-likeness (QED) is 0.448. The average Bonchev–Trinajstić information content (AvgIpc) is 1.87. The van der Waals surface area contributed by atoms with Crippen LogP contribution in [0.25, 0.3) is 0 Å². The van der Waals surface area contributed by atoms with E-state index in [1.54, 1.807) is 6.92 Å². The number of halogens is 1. The number of carboxylic acid groups (broad SMARTS) is 1. The standard InChI is InChI=1S/C5H10ClNO2S/c1-5(3-10,7-6)2-4(8)9/h7,10H,2-3H2,1H3,(H,8,9). The molecule has 1 unspecified atom stereocenters. The van der Waals surface area contributed by atoms with Crippen molar-refractivity contribution in [2.45, 2.75) is 18.9 Å². The second kappa shape index (κ2) is 4.05. The third-order valence-electron chi connectivity index (χ3n) is 1.12. The van der Waals surface area contributed by atoms with Crippen molar-refractivity contribution in [2.75, 3.05) is 5.75 Å². The summed E-state index contributed by atoms with van der Waals surface area (Å²) in [5.41, 5.74) is -0.615. The van der Waals surface area contributed by atoms with Gasteiger partial charge in [0.05, 0.1) is 6.42 Å². The maximum Gasteiger partial charge on any atom is 0.305 e. The molecule has 0 rings (SSSR count). The molecule has 5 heteroatoms. The Hall–Kier alpha value is 0.0700. The number of carbonyl (C=O) groups is 1. The molecule has 0 heterocycles. The van der Waals surface area contributed by atoms with E-state index in [4.69, 9.17) is 16.9 Å². The highest BCUT2D eigenvalue weighted by atomic mass is 35.5. The van der Waals surface area contributed by atoms with E-state index in [-0.39, 0.29) is 6.42 Å². The lowest BCUT2D eigenvalue weighted by Crippen LogP contribution is -2.40. The lowest BCUT2D eigenvalue weighted by atomic mass is 10.0. The van der Waals surface area contributed by atoms with Crippen LogP contribution in [0.3, 0.4) is 0 Å². The molecule has 0 saturated heterocycles. The van der Waals surface area contributed by atoms with Gasteiger partial charge in [0.25, 0.3) is 0 Å². The molecule has 0 aliphatic heterocycles. The van der Waals surface area contributed by atoms with Crippen LogP contribution in [0.1, 0.15) is 13.3 Å². The summed E-state index contributed by atoms with van der Waals surface area (Å²) in [6.45, 7) is 1.70. The molecular formula is C5H10ClNO2S. The van der Waals surface area contributed by atoms with E-state index in [1.807, 2.05) is 0 Å². The minimum Gasteiger partial charge on any atom is -0.481 e. The summed E-state index contributed by atoms with van der Waals surface area (Å²) in [5.74, 6) is -0.493. The van der Waals surface area contributed by atoms with E-state index in [1.165, 1.54) is 0 Å². The van der Waals surface area contributed by atoms with Crippen molar-refractivity contribution in [1.29, 1.82) is 0 Å². The molecule has 3 nitrogen and oxygen atoms in total. The van der Waals surface area contributed by atoms with Gasteiger partial charge in [-0.25, -0.2) is 4.84 Å². The first-order valence-electron chi connectivity index (χ1n) is 2.74. The molecule has 0 aromatic rings. The molecule has 2 N–H and O–H groups in total. The normalized spacial score (nSPS) is 16.3. The van der Waals surface area contributed by atoms with Gasteiger partial charge >= 0.3 is 5.97 Å². The van der Waals surface area contributed by atoms with Gasteiger partial charge < -0.3 is 5.11 Å². The molecule has 0 radical (unpaired) electrons. The number of rotatable bonds is 4. The van der Waals surface area contributed by atoms with E-state index >= 15 is 0 Å². The molecule has 0 aliphatic carbocycles. The van der Waals surface area contributed by atoms with Crippen LogP contribution in [0.15, 0.2) is 0 Å². The van der Waals surface area contributed by atoms with Crippen molar-refractivity contribution in [3.63, 3.8) is 0 Å². The van der Waals surface area contributed by atoms with Gasteiger partial charge in [0.1, 0.15) is 0 Å². The smallest absolute Gasteiger partial charge is 0.305 e. The number of aliphatic carboxylic acids is 1. The van der Waals surface area contributed by atoms with E-state index < -0.39 is 11.5 Å². The van der Waals surface area contributed by atoms with Gasteiger partial charge in [-0.2, -0.15) is 12.6 Å². The summed E-state index contributed by atoms with van der Waals surface area (Å²) < 4.78 is 0. The molecule has 60 valence electrons. The fourth-order valence-corrected chi connectivity index (χ4v) is 0.871. The Morgan fingerprint density at radius 2 is 2.40 bits per heavy atom. The maximum atomic E-state index is 10.2. The Morgan fingerprint density at radius 1 is 1.90 bits per heavy atom. The number of thiol groups is 1. The Balaban J connectivity index is 3.92. The van der Waals surface area contributed by atoms with E-state index in [9.17, 15) is 4.79 Å². The first kappa shape index (κ1) is 10.1. The van der Waals surface area contributed by atoms with Crippen molar-refractivity contribution < 1.29 is 9.90 Å². The van der Waals surface area contributed by atoms with Gasteiger partial charge in [-0.1, -0.05) is 0 Å². The van der Waals surface area contributed by atoms with Crippen LogP contribution in [-0.4, -0.2) is 22.4 Å². The molecule has 0 fully saturated rings. The van der Waals surface area contributed by atoms with Crippen LogP contribution in [-0.2, 0) is 4.79 Å². The van der Waals surface area contributed by atoms with Crippen molar-refractivity contribution >= 4 is 30.4 Å². The second-order valence-corrected chi connectivity index (χ2v) is 2.89. The third-order valence-corrected chi connectivity index (χ3v) is 2.27. The van der Waals surface area contributed by atoms with Crippen LogP contribution in [0, 0.1) is 0 Å². The molecule has 10 heavy (non-hydrogen) atoms. The predicted octanol–water partition coefficient (Wildman–Crippen LogP) is 0.893. The molecule has 0 spiro atoms. The van der Waals surface area contributed by atoms with Crippen molar-refractivity contribution in [3.8, 4) is 0 Å². The molecule has 1 atom stereocenters. The van der Waals surface area contributed by atoms with E-state index in [0.29, 0.717) is 5.75 Å². The zero-order chi connectivity index (χ0) is 8.20. The highest BCUT2D eigenvalue weighted by Crippen LogP contribution is 2.11. The SMILES string of the molecule is CC(CS)(CC(=O)O)NCl. The van der Waals surface area contributed by atoms with Crippen LogP contribution in [0.2, 0.25) is 0 Å². The van der Waals surface area contributed by atoms with Gasteiger partial charge in [0.15, 0.2) is 0 Å². The van der Waals surface area contributed by atoms with Crippen LogP contribution in [0.5, 0.6) is 0 Å². The van der Waals surface area contributed by atoms with Gasteiger partial charge in [-0.05, 0) is 18.7 Å². The minimum atomic E-state index is -0.885. The Morgan fingerprint density at radius 3 is 2.50 bits per heavy atom.